The third-order valence-electron chi connectivity index (χ3n) is 3.69. The molecule has 0 N–H and O–H groups in total. The first-order chi connectivity index (χ1) is 10.3. The molecule has 1 aromatic heterocycles. The van der Waals surface area contributed by atoms with Gasteiger partial charge in [0.05, 0.1) is 32.4 Å². The topological polar surface area (TPSA) is 40.6 Å². The van der Waals surface area contributed by atoms with Gasteiger partial charge in [-0.15, -0.1) is 0 Å². The molecule has 4 nitrogen and oxygen atoms in total. The molecule has 0 radical (unpaired) electrons. The molecule has 0 bridgehead atoms. The lowest BCUT2D eigenvalue weighted by Crippen LogP contribution is -2.09. The van der Waals surface area contributed by atoms with Gasteiger partial charge in [-0.2, -0.15) is 0 Å². The predicted molar refractivity (Wildman–Crippen MR) is 81.9 cm³/mol. The fraction of sp³-hybridized carbons (Fsp3) is 0.438. The number of rotatable bonds is 5. The quantitative estimate of drug-likeness (QED) is 0.793. The van der Waals surface area contributed by atoms with Crippen LogP contribution in [0.1, 0.15) is 12.0 Å². The Morgan fingerprint density at radius 2 is 2.29 bits per heavy atom. The van der Waals surface area contributed by atoms with E-state index in [1.807, 2.05) is 24.3 Å². The second kappa shape index (κ2) is 6.60. The molecule has 112 valence electrons. The molecule has 1 aromatic carbocycles. The van der Waals surface area contributed by atoms with Crippen LogP contribution >= 0.6 is 11.6 Å². The van der Waals surface area contributed by atoms with Crippen LogP contribution in [0.15, 0.2) is 24.3 Å². The van der Waals surface area contributed by atoms with Crippen molar-refractivity contribution in [1.29, 1.82) is 0 Å². The number of ether oxygens (including phenoxy) is 3. The molecule has 2 aromatic rings. The number of hydrogen-bond acceptors (Lipinski definition) is 4. The van der Waals surface area contributed by atoms with Crippen molar-refractivity contribution in [3.8, 4) is 5.75 Å². The van der Waals surface area contributed by atoms with E-state index in [9.17, 15) is 0 Å². The van der Waals surface area contributed by atoms with Crippen LogP contribution in [0, 0.1) is 5.92 Å². The number of halogens is 1. The van der Waals surface area contributed by atoms with Gasteiger partial charge in [0.25, 0.3) is 0 Å². The summed E-state index contributed by atoms with van der Waals surface area (Å²) in [6.45, 7) is 2.82. The van der Waals surface area contributed by atoms with Crippen molar-refractivity contribution in [2.45, 2.75) is 13.0 Å². The number of nitrogens with zero attached hydrogens (tertiary/aromatic N) is 1. The average Bonchev–Trinajstić information content (AvgIpc) is 3.00. The minimum Gasteiger partial charge on any atom is -0.497 e. The highest BCUT2D eigenvalue weighted by atomic mass is 35.5. The number of pyridine rings is 1. The summed E-state index contributed by atoms with van der Waals surface area (Å²) in [7, 11) is 1.64. The van der Waals surface area contributed by atoms with Gasteiger partial charge >= 0.3 is 0 Å². The largest absolute Gasteiger partial charge is 0.497 e. The minimum atomic E-state index is 0.476. The maximum atomic E-state index is 6.24. The summed E-state index contributed by atoms with van der Waals surface area (Å²) >= 11 is 6.24. The normalized spacial score (nSPS) is 18.3. The zero-order chi connectivity index (χ0) is 14.7. The Bertz CT molecular complexity index is 626. The maximum absolute atomic E-state index is 6.24. The number of benzene rings is 1. The zero-order valence-electron chi connectivity index (χ0n) is 12.0. The van der Waals surface area contributed by atoms with Crippen molar-refractivity contribution in [2.75, 3.05) is 26.9 Å². The highest BCUT2D eigenvalue weighted by Gasteiger charge is 2.16. The molecule has 3 rings (SSSR count). The van der Waals surface area contributed by atoms with Crippen LogP contribution in [0.2, 0.25) is 5.15 Å². The summed E-state index contributed by atoms with van der Waals surface area (Å²) in [5.41, 5.74) is 1.74. The molecular weight excluding hydrogens is 290 g/mol. The molecule has 0 aliphatic carbocycles. The van der Waals surface area contributed by atoms with E-state index in [4.69, 9.17) is 25.8 Å². The van der Waals surface area contributed by atoms with Crippen LogP contribution in [0.25, 0.3) is 10.9 Å². The van der Waals surface area contributed by atoms with Crippen LogP contribution in [0.3, 0.4) is 0 Å². The van der Waals surface area contributed by atoms with Crippen LogP contribution in [0.5, 0.6) is 5.75 Å². The van der Waals surface area contributed by atoms with Crippen molar-refractivity contribution in [3.05, 3.63) is 35.0 Å². The molecule has 1 saturated heterocycles. The lowest BCUT2D eigenvalue weighted by atomic mass is 10.1. The lowest BCUT2D eigenvalue weighted by Gasteiger charge is -2.10. The van der Waals surface area contributed by atoms with Crippen molar-refractivity contribution in [3.63, 3.8) is 0 Å². The van der Waals surface area contributed by atoms with Gasteiger partial charge in [-0.05, 0) is 24.6 Å². The van der Waals surface area contributed by atoms with Gasteiger partial charge < -0.3 is 14.2 Å². The van der Waals surface area contributed by atoms with Crippen LogP contribution in [-0.4, -0.2) is 31.9 Å². The highest BCUT2D eigenvalue weighted by molar-refractivity contribution is 6.30. The standard InChI is InChI=1S/C16H18ClNO3/c1-19-14-3-2-12-6-13(16(17)18-15(12)7-14)10-21-9-11-4-5-20-8-11/h2-3,6-7,11H,4-5,8-10H2,1H3. The van der Waals surface area contributed by atoms with E-state index in [1.54, 1.807) is 7.11 Å². The Labute approximate surface area is 129 Å². The Morgan fingerprint density at radius 3 is 3.05 bits per heavy atom. The number of fused-ring (bicyclic) bond motifs is 1. The van der Waals surface area contributed by atoms with Gasteiger partial charge in [0.15, 0.2) is 0 Å². The van der Waals surface area contributed by atoms with Gasteiger partial charge in [-0.25, -0.2) is 4.98 Å². The van der Waals surface area contributed by atoms with E-state index in [1.165, 1.54) is 0 Å². The third kappa shape index (κ3) is 3.46. The Kier molecular flexibility index (Phi) is 4.58. The summed E-state index contributed by atoms with van der Waals surface area (Å²) in [5.74, 6) is 1.28. The SMILES string of the molecule is COc1ccc2cc(COCC3CCOC3)c(Cl)nc2c1. The molecule has 2 heterocycles. The molecule has 0 spiro atoms. The summed E-state index contributed by atoms with van der Waals surface area (Å²) in [5, 5.41) is 1.52. The van der Waals surface area contributed by atoms with E-state index < -0.39 is 0 Å². The van der Waals surface area contributed by atoms with E-state index >= 15 is 0 Å². The predicted octanol–water partition coefficient (Wildman–Crippen LogP) is 3.45. The van der Waals surface area contributed by atoms with Crippen LogP contribution in [0.4, 0.5) is 0 Å². The highest BCUT2D eigenvalue weighted by Crippen LogP contribution is 2.25. The second-order valence-corrected chi connectivity index (χ2v) is 5.60. The van der Waals surface area contributed by atoms with Crippen LogP contribution < -0.4 is 4.74 Å². The van der Waals surface area contributed by atoms with Gasteiger partial charge in [0, 0.05) is 29.5 Å². The number of aromatic nitrogens is 1. The molecule has 1 aliphatic rings. The van der Waals surface area contributed by atoms with E-state index in [-0.39, 0.29) is 0 Å². The van der Waals surface area contributed by atoms with Crippen molar-refractivity contribution < 1.29 is 14.2 Å². The molecular formula is C16H18ClNO3. The van der Waals surface area contributed by atoms with Crippen molar-refractivity contribution >= 4 is 22.5 Å². The molecule has 5 heteroatoms. The third-order valence-corrected chi connectivity index (χ3v) is 4.01. The molecule has 21 heavy (non-hydrogen) atoms. The Hall–Kier alpha value is -1.36. The van der Waals surface area contributed by atoms with Crippen molar-refractivity contribution in [1.82, 2.24) is 4.98 Å². The van der Waals surface area contributed by atoms with E-state index in [2.05, 4.69) is 4.98 Å². The minimum absolute atomic E-state index is 0.476. The molecule has 1 aliphatic heterocycles. The van der Waals surface area contributed by atoms with Gasteiger partial charge in [-0.1, -0.05) is 11.6 Å². The molecule has 1 atom stereocenters. The number of hydrogen-bond donors (Lipinski definition) is 0. The van der Waals surface area contributed by atoms with E-state index in [0.29, 0.717) is 24.3 Å². The molecule has 1 unspecified atom stereocenters. The maximum Gasteiger partial charge on any atom is 0.135 e. The fourth-order valence-corrected chi connectivity index (χ4v) is 2.65. The fourth-order valence-electron chi connectivity index (χ4n) is 2.45. The summed E-state index contributed by atoms with van der Waals surface area (Å²) in [6.07, 6.45) is 1.07. The van der Waals surface area contributed by atoms with Gasteiger partial charge in [0.2, 0.25) is 0 Å². The summed E-state index contributed by atoms with van der Waals surface area (Å²) in [4.78, 5) is 4.42. The molecule has 1 fully saturated rings. The average molecular weight is 308 g/mol. The molecule has 0 saturated carbocycles. The lowest BCUT2D eigenvalue weighted by molar-refractivity contribution is 0.0791. The van der Waals surface area contributed by atoms with Crippen molar-refractivity contribution in [2.24, 2.45) is 5.92 Å². The van der Waals surface area contributed by atoms with Gasteiger partial charge in [-0.3, -0.25) is 0 Å². The first kappa shape index (κ1) is 14.6. The van der Waals surface area contributed by atoms with E-state index in [0.717, 1.165) is 41.9 Å². The second-order valence-electron chi connectivity index (χ2n) is 5.24. The first-order valence-electron chi connectivity index (χ1n) is 7.05. The summed E-state index contributed by atoms with van der Waals surface area (Å²) < 4.78 is 16.3. The van der Waals surface area contributed by atoms with Crippen LogP contribution in [-0.2, 0) is 16.1 Å². The monoisotopic (exact) mass is 307 g/mol. The number of methoxy groups -OCH3 is 1. The Balaban J connectivity index is 1.71. The summed E-state index contributed by atoms with van der Waals surface area (Å²) in [6, 6.07) is 7.79. The van der Waals surface area contributed by atoms with Gasteiger partial charge in [0.1, 0.15) is 10.9 Å². The molecule has 0 amide bonds. The smallest absolute Gasteiger partial charge is 0.135 e. The first-order valence-corrected chi connectivity index (χ1v) is 7.42. The zero-order valence-corrected chi connectivity index (χ0v) is 12.7. The Morgan fingerprint density at radius 1 is 1.38 bits per heavy atom.